The standard InChI is InChI=1S/2C18H20ClN5O2.C12H12BrClN2O2.C6H8N3.ClH/c2*1-2-11-9-20-10-21-15(11)22-13-8-12(19)14-16(25)23-18(24(14)17(13)26)6-4-3-5-7-18;13-7-6-8(14)9-10(17)15-12(16(9)11(7)18)4-2-1-3-5-12;1-2-5-3-8-4-9-6(5)7;/h2*8-10H,2-7H2,1H3,(H,23,25)(H,20,21,22);6H,1-5H2,(H,15,17);3-4H,1-2H2,(H2,7,8,9);1H/q;;;+1;. The SMILES string of the molecule is CCc1cncnc1Nc1cc(Cl)c2n(c1=O)C1(CCCCC1)NC2=O.CCc1cncnc1Nc1cc(Cl)c2n(c1=O)C1(CCCCC1)NC2=O.Cl.O=C1NC2(CCCCC2)n2c1c(Cl)cc(Br)c2=O.[CH2+]Cc1cncnc1N. The van der Waals surface area contributed by atoms with Gasteiger partial charge in [0.25, 0.3) is 34.4 Å². The van der Waals surface area contributed by atoms with Crippen LogP contribution in [0.4, 0.5) is 28.8 Å². The predicted octanol–water partition coefficient (Wildman–Crippen LogP) is 9.40. The maximum absolute atomic E-state index is 13.2. The summed E-state index contributed by atoms with van der Waals surface area (Å²) in [6, 6.07) is 4.52. The van der Waals surface area contributed by atoms with E-state index >= 15 is 0 Å². The fourth-order valence-corrected chi connectivity index (χ4v) is 12.8. The summed E-state index contributed by atoms with van der Waals surface area (Å²) in [5.41, 5.74) is 6.97. The van der Waals surface area contributed by atoms with Gasteiger partial charge in [-0.3, -0.25) is 42.5 Å². The Bertz CT molecular complexity index is 3370. The number of halogens is 5. The molecule has 7 N–H and O–H groups in total. The maximum atomic E-state index is 13.2. The Morgan fingerprint density at radius 3 is 1.23 bits per heavy atom. The monoisotopic (exact) mass is 1230 g/mol. The second-order valence-electron chi connectivity index (χ2n) is 20.2. The molecule has 80 heavy (non-hydrogen) atoms. The molecule has 3 aliphatic heterocycles. The van der Waals surface area contributed by atoms with Gasteiger partial charge >= 0.3 is 0 Å². The van der Waals surface area contributed by atoms with Crippen LogP contribution in [-0.4, -0.2) is 61.3 Å². The molecule has 9 heterocycles. The Labute approximate surface area is 490 Å². The quantitative estimate of drug-likeness (QED) is 0.0812. The highest BCUT2D eigenvalue weighted by molar-refractivity contribution is 9.10. The molecule has 3 amide bonds. The lowest BCUT2D eigenvalue weighted by Gasteiger charge is -2.35. The van der Waals surface area contributed by atoms with Crippen molar-refractivity contribution >= 4 is 110 Å². The molecule has 0 saturated heterocycles. The number of fused-ring (bicyclic) bond motifs is 6. The van der Waals surface area contributed by atoms with Crippen LogP contribution in [0.25, 0.3) is 0 Å². The van der Waals surface area contributed by atoms with Crippen LogP contribution in [0.15, 0.2) is 74.6 Å². The van der Waals surface area contributed by atoms with E-state index in [0.29, 0.717) is 50.4 Å². The topological polar surface area (TPSA) is 281 Å². The fraction of sp³-hybridized carbons (Fsp3) is 0.426. The zero-order valence-corrected chi connectivity index (χ0v) is 48.8. The highest BCUT2D eigenvalue weighted by Crippen LogP contribution is 2.41. The average molecular weight is 1240 g/mol. The first-order valence-electron chi connectivity index (χ1n) is 26.5. The van der Waals surface area contributed by atoms with E-state index in [4.69, 9.17) is 40.5 Å². The van der Waals surface area contributed by atoms with Gasteiger partial charge in [0.1, 0.15) is 88.3 Å². The number of carbonyl (C=O) groups is 3. The maximum Gasteiger partial charge on any atom is 0.276 e. The van der Waals surface area contributed by atoms with Gasteiger partial charge in [0.2, 0.25) is 0 Å². The van der Waals surface area contributed by atoms with Crippen molar-refractivity contribution in [3.63, 3.8) is 0 Å². The molecule has 0 atom stereocenters. The van der Waals surface area contributed by atoms with Crippen LogP contribution >= 0.6 is 63.1 Å². The zero-order valence-electron chi connectivity index (χ0n) is 44.1. The number of hydrogen-bond donors (Lipinski definition) is 6. The summed E-state index contributed by atoms with van der Waals surface area (Å²) >= 11 is 22.1. The summed E-state index contributed by atoms with van der Waals surface area (Å²) in [6.07, 6.45) is 25.3. The van der Waals surface area contributed by atoms with Crippen molar-refractivity contribution in [3.8, 4) is 0 Å². The third-order valence-corrected chi connectivity index (χ3v) is 16.8. The van der Waals surface area contributed by atoms with Gasteiger partial charge in [-0.25, -0.2) is 29.9 Å². The minimum Gasteiger partial charge on any atom is -0.383 e. The van der Waals surface area contributed by atoms with Gasteiger partial charge in [0.05, 0.1) is 32.0 Å². The average Bonchev–Trinajstić information content (AvgIpc) is 4.26. The number of anilines is 5. The lowest BCUT2D eigenvalue weighted by molar-refractivity contribution is 0.0867. The van der Waals surface area contributed by atoms with E-state index in [0.717, 1.165) is 126 Å². The first kappa shape index (κ1) is 59.5. The second-order valence-corrected chi connectivity index (χ2v) is 22.3. The number of nitrogens with two attached hydrogens (primary N) is 1. The van der Waals surface area contributed by atoms with Crippen LogP contribution in [-0.2, 0) is 36.3 Å². The molecule has 6 aromatic heterocycles. The molecule has 0 bridgehead atoms. The number of carbonyl (C=O) groups excluding carboxylic acids is 3. The van der Waals surface area contributed by atoms with Gasteiger partial charge in [0, 0.05) is 29.7 Å². The fourth-order valence-electron chi connectivity index (χ4n) is 11.5. The first-order chi connectivity index (χ1) is 38.0. The Morgan fingerprint density at radius 1 is 0.550 bits per heavy atom. The minimum absolute atomic E-state index is 0. The number of nitrogens with zero attached hydrogens (tertiary/aromatic N) is 9. The smallest absolute Gasteiger partial charge is 0.276 e. The molecule has 422 valence electrons. The van der Waals surface area contributed by atoms with Gasteiger partial charge in [0.15, 0.2) is 0 Å². The second kappa shape index (κ2) is 25.0. The van der Waals surface area contributed by atoms with E-state index in [2.05, 4.69) is 79.3 Å². The van der Waals surface area contributed by atoms with Gasteiger partial charge < -0.3 is 32.3 Å². The van der Waals surface area contributed by atoms with Crippen LogP contribution in [0.1, 0.15) is 158 Å². The number of hydrogen-bond acceptors (Lipinski definition) is 15. The summed E-state index contributed by atoms with van der Waals surface area (Å²) < 4.78 is 5.08. The van der Waals surface area contributed by atoms with E-state index in [1.54, 1.807) is 32.3 Å². The minimum atomic E-state index is -0.664. The number of amides is 3. The summed E-state index contributed by atoms with van der Waals surface area (Å²) in [7, 11) is 0. The lowest BCUT2D eigenvalue weighted by Crippen LogP contribution is -2.48. The van der Waals surface area contributed by atoms with Crippen molar-refractivity contribution in [2.75, 3.05) is 16.4 Å². The van der Waals surface area contributed by atoms with Crippen LogP contribution in [0.5, 0.6) is 0 Å². The summed E-state index contributed by atoms with van der Waals surface area (Å²) in [5, 5.41) is 16.0. The van der Waals surface area contributed by atoms with Crippen molar-refractivity contribution in [1.82, 2.24) is 59.6 Å². The normalized spacial score (nSPS) is 17.4. The van der Waals surface area contributed by atoms with Crippen LogP contribution in [0.3, 0.4) is 0 Å². The van der Waals surface area contributed by atoms with E-state index in [1.807, 2.05) is 13.8 Å². The summed E-state index contributed by atoms with van der Waals surface area (Å²) in [4.78, 5) is 99.9. The molecule has 6 aliphatic rings. The Hall–Kier alpha value is -6.59. The number of nitrogens with one attached hydrogen (secondary N) is 5. The van der Waals surface area contributed by atoms with Crippen molar-refractivity contribution in [2.45, 2.75) is 146 Å². The van der Waals surface area contributed by atoms with E-state index in [9.17, 15) is 28.8 Å². The molecule has 21 nitrogen and oxygen atoms in total. The molecule has 3 aliphatic carbocycles. The molecule has 3 spiro atoms. The molecule has 3 fully saturated rings. The molecule has 0 aromatic carbocycles. The number of aromatic nitrogens is 9. The van der Waals surface area contributed by atoms with Gasteiger partial charge in [-0.1, -0.05) is 67.9 Å². The van der Waals surface area contributed by atoms with Crippen LogP contribution < -0.4 is 49.0 Å². The molecule has 6 aromatic rings. The van der Waals surface area contributed by atoms with Crippen LogP contribution in [0, 0.1) is 6.92 Å². The molecule has 0 radical (unpaired) electrons. The van der Waals surface area contributed by atoms with Crippen molar-refractivity contribution in [3.05, 3.63) is 147 Å². The molecule has 0 unspecified atom stereocenters. The number of nitrogen functional groups attached to an aromatic ring is 1. The Balaban J connectivity index is 0.000000147. The number of pyridine rings is 3. The summed E-state index contributed by atoms with van der Waals surface area (Å²) in [5.74, 6) is 0.873. The lowest BCUT2D eigenvalue weighted by atomic mass is 9.89. The molecule has 12 rings (SSSR count). The van der Waals surface area contributed by atoms with E-state index in [-0.39, 0.29) is 68.2 Å². The highest BCUT2D eigenvalue weighted by Gasteiger charge is 2.48. The van der Waals surface area contributed by atoms with Gasteiger partial charge in [-0.15, -0.1) is 12.4 Å². The Morgan fingerprint density at radius 2 is 0.887 bits per heavy atom. The zero-order chi connectivity index (χ0) is 56.2. The highest BCUT2D eigenvalue weighted by atomic mass is 79.9. The molecule has 26 heteroatoms. The Kier molecular flexibility index (Phi) is 18.6. The van der Waals surface area contributed by atoms with Gasteiger partial charge in [-0.05, 0) is 124 Å². The van der Waals surface area contributed by atoms with E-state index in [1.165, 1.54) is 37.2 Å². The third kappa shape index (κ3) is 11.5. The van der Waals surface area contributed by atoms with Gasteiger partial charge in [-0.2, -0.15) is 0 Å². The molecular formula is C54H61BrCl4N15O6+. The third-order valence-electron chi connectivity index (χ3n) is 15.4. The van der Waals surface area contributed by atoms with Crippen molar-refractivity contribution in [1.29, 1.82) is 0 Å². The molecular weight excluding hydrogens is 1180 g/mol. The molecule has 3 saturated carbocycles. The number of rotatable bonds is 7. The summed E-state index contributed by atoms with van der Waals surface area (Å²) in [6.45, 7) is 7.64. The number of aryl methyl sites for hydroxylation is 2. The van der Waals surface area contributed by atoms with Crippen molar-refractivity contribution < 1.29 is 14.4 Å². The first-order valence-corrected chi connectivity index (χ1v) is 28.4. The predicted molar refractivity (Wildman–Crippen MR) is 313 cm³/mol. The largest absolute Gasteiger partial charge is 0.383 e. The van der Waals surface area contributed by atoms with E-state index < -0.39 is 17.0 Å². The van der Waals surface area contributed by atoms with Crippen molar-refractivity contribution in [2.24, 2.45) is 0 Å². The van der Waals surface area contributed by atoms with Crippen LogP contribution in [0.2, 0.25) is 15.1 Å².